The lowest BCUT2D eigenvalue weighted by Gasteiger charge is -2.28. The Labute approximate surface area is 260 Å². The van der Waals surface area contributed by atoms with Gasteiger partial charge >= 0.3 is 12.2 Å². The number of pyridine rings is 1. The van der Waals surface area contributed by atoms with Crippen molar-refractivity contribution in [3.63, 3.8) is 0 Å². The third kappa shape index (κ3) is 7.14. The average molecular weight is 612 g/mol. The molecule has 0 radical (unpaired) electrons. The minimum Gasteiger partial charge on any atom is -0.489 e. The first-order chi connectivity index (χ1) is 21.2. The summed E-state index contributed by atoms with van der Waals surface area (Å²) in [6.07, 6.45) is -0.206. The topological polar surface area (TPSA) is 118 Å². The summed E-state index contributed by atoms with van der Waals surface area (Å²) < 4.78 is 20.1. The highest BCUT2D eigenvalue weighted by Crippen LogP contribution is 2.29. The molecule has 2 aromatic carbocycles. The third-order valence-corrected chi connectivity index (χ3v) is 6.71. The van der Waals surface area contributed by atoms with Crippen LogP contribution in [-0.4, -0.2) is 42.7 Å². The van der Waals surface area contributed by atoms with E-state index in [1.165, 1.54) is 10.7 Å². The second-order valence-corrected chi connectivity index (χ2v) is 12.7. The van der Waals surface area contributed by atoms with Crippen molar-refractivity contribution in [1.82, 2.24) is 19.3 Å². The van der Waals surface area contributed by atoms with Gasteiger partial charge in [-0.25, -0.2) is 19.3 Å². The molecule has 45 heavy (non-hydrogen) atoms. The predicted molar refractivity (Wildman–Crippen MR) is 172 cm³/mol. The molecule has 0 bridgehead atoms. The molecule has 3 heterocycles. The van der Waals surface area contributed by atoms with E-state index in [0.29, 0.717) is 29.0 Å². The largest absolute Gasteiger partial charge is 0.489 e. The van der Waals surface area contributed by atoms with Gasteiger partial charge in [-0.2, -0.15) is 10.00 Å². The van der Waals surface area contributed by atoms with Gasteiger partial charge < -0.3 is 18.8 Å². The zero-order chi connectivity index (χ0) is 32.5. The molecule has 0 fully saturated rings. The number of aromatic nitrogens is 4. The van der Waals surface area contributed by atoms with Crippen molar-refractivity contribution in [2.24, 2.45) is 7.05 Å². The van der Waals surface area contributed by atoms with Gasteiger partial charge in [-0.05, 0) is 71.4 Å². The van der Waals surface area contributed by atoms with Crippen LogP contribution >= 0.6 is 0 Å². The smallest absolute Gasteiger partial charge is 0.425 e. The van der Waals surface area contributed by atoms with Crippen molar-refractivity contribution < 1.29 is 23.8 Å². The molecular weight excluding hydrogens is 574 g/mol. The molecule has 2 amide bonds. The number of fused-ring (bicyclic) bond motifs is 3. The van der Waals surface area contributed by atoms with Gasteiger partial charge in [0.25, 0.3) is 5.56 Å². The van der Waals surface area contributed by atoms with Crippen LogP contribution < -0.4 is 15.2 Å². The molecule has 0 saturated heterocycles. The number of amides is 2. The Morgan fingerprint density at radius 2 is 1.51 bits per heavy atom. The zero-order valence-electron chi connectivity index (χ0n) is 26.5. The van der Waals surface area contributed by atoms with E-state index in [9.17, 15) is 14.4 Å². The number of benzene rings is 2. The normalized spacial score (nSPS) is 11.9. The molecular formula is C34H37N5O6. The van der Waals surface area contributed by atoms with E-state index in [2.05, 4.69) is 10.1 Å². The van der Waals surface area contributed by atoms with Crippen LogP contribution in [0.1, 0.15) is 52.8 Å². The number of anilines is 1. The first-order valence-electron chi connectivity index (χ1n) is 14.6. The molecule has 234 valence electrons. The number of rotatable bonds is 6. The summed E-state index contributed by atoms with van der Waals surface area (Å²) in [6, 6.07) is 20.4. The SMILES string of the molecule is Cn1c2cc(OCc3ccccc3)ccc2c2cnn(Cc3cccc(N(C(=O)OC(C)(C)C)C(=O)OC(C)(C)C)n3)c(=O)c21. The Morgan fingerprint density at radius 1 is 0.844 bits per heavy atom. The number of carbonyl (C=O) groups is 2. The van der Waals surface area contributed by atoms with Crippen molar-refractivity contribution in [3.05, 3.63) is 94.5 Å². The fourth-order valence-electron chi connectivity index (χ4n) is 4.79. The first kappa shape index (κ1) is 31.2. The fourth-order valence-corrected chi connectivity index (χ4v) is 4.79. The van der Waals surface area contributed by atoms with Gasteiger partial charge in [0, 0.05) is 23.9 Å². The van der Waals surface area contributed by atoms with Gasteiger partial charge in [0.2, 0.25) is 0 Å². The molecule has 0 aliphatic rings. The van der Waals surface area contributed by atoms with Crippen LogP contribution in [0.25, 0.3) is 21.8 Å². The standard InChI is InChI=1S/C34H37N5O6/c1-33(2,3)44-31(41)39(32(42)45-34(4,5)6)28-15-11-14-23(36-28)20-38-30(40)29-26(19-35-38)25-17-16-24(18-27(25)37(29)7)43-21-22-12-9-8-10-13-22/h8-19H,20-21H2,1-7H3. The number of hydrogen-bond donors (Lipinski definition) is 0. The van der Waals surface area contributed by atoms with Crippen LogP contribution in [-0.2, 0) is 29.7 Å². The van der Waals surface area contributed by atoms with Crippen molar-refractivity contribution in [2.45, 2.75) is 65.9 Å². The predicted octanol–water partition coefficient (Wildman–Crippen LogP) is 6.59. The highest BCUT2D eigenvalue weighted by Gasteiger charge is 2.33. The van der Waals surface area contributed by atoms with Crippen molar-refractivity contribution in [1.29, 1.82) is 0 Å². The van der Waals surface area contributed by atoms with Crippen LogP contribution in [0.2, 0.25) is 0 Å². The van der Waals surface area contributed by atoms with Gasteiger partial charge in [0.05, 0.1) is 24.0 Å². The van der Waals surface area contributed by atoms with E-state index < -0.39 is 23.4 Å². The van der Waals surface area contributed by atoms with Crippen molar-refractivity contribution >= 4 is 39.8 Å². The molecule has 0 aliphatic carbocycles. The van der Waals surface area contributed by atoms with E-state index in [-0.39, 0.29) is 17.9 Å². The quantitative estimate of drug-likeness (QED) is 0.211. The van der Waals surface area contributed by atoms with Crippen molar-refractivity contribution in [2.75, 3.05) is 4.90 Å². The summed E-state index contributed by atoms with van der Waals surface area (Å²) in [6.45, 7) is 10.6. The van der Waals surface area contributed by atoms with Gasteiger partial charge in [0.15, 0.2) is 0 Å². The Balaban J connectivity index is 1.45. The summed E-state index contributed by atoms with van der Waals surface area (Å²) in [7, 11) is 1.83. The highest BCUT2D eigenvalue weighted by molar-refractivity contribution is 6.09. The number of carbonyl (C=O) groups excluding carboxylic acids is 2. The second-order valence-electron chi connectivity index (χ2n) is 12.7. The van der Waals surface area contributed by atoms with Gasteiger partial charge in [-0.15, -0.1) is 0 Å². The molecule has 0 atom stereocenters. The summed E-state index contributed by atoms with van der Waals surface area (Å²) in [5, 5.41) is 6.02. The Morgan fingerprint density at radius 3 is 2.16 bits per heavy atom. The molecule has 3 aromatic heterocycles. The zero-order valence-corrected chi connectivity index (χ0v) is 26.5. The van der Waals surface area contributed by atoms with E-state index in [0.717, 1.165) is 21.4 Å². The van der Waals surface area contributed by atoms with Crippen LogP contribution in [0.5, 0.6) is 5.75 Å². The maximum Gasteiger partial charge on any atom is 0.425 e. The molecule has 11 nitrogen and oxygen atoms in total. The molecule has 0 spiro atoms. The highest BCUT2D eigenvalue weighted by atomic mass is 16.6. The van der Waals surface area contributed by atoms with E-state index in [1.807, 2.05) is 60.1 Å². The molecule has 11 heteroatoms. The summed E-state index contributed by atoms with van der Waals surface area (Å²) in [5.41, 5.74) is 0.706. The van der Waals surface area contributed by atoms with Crippen LogP contribution in [0, 0.1) is 0 Å². The Kier molecular flexibility index (Phi) is 8.38. The number of ether oxygens (including phenoxy) is 3. The molecule has 0 saturated carbocycles. The first-order valence-corrected chi connectivity index (χ1v) is 14.6. The maximum atomic E-state index is 13.7. The van der Waals surface area contributed by atoms with Crippen LogP contribution in [0.3, 0.4) is 0 Å². The average Bonchev–Trinajstić information content (AvgIpc) is 3.24. The Bertz CT molecular complexity index is 1900. The molecule has 0 N–H and O–H groups in total. The minimum atomic E-state index is -0.930. The molecule has 0 aliphatic heterocycles. The minimum absolute atomic E-state index is 0.00207. The molecule has 0 unspecified atom stereocenters. The van der Waals surface area contributed by atoms with E-state index in [4.69, 9.17) is 14.2 Å². The van der Waals surface area contributed by atoms with Crippen molar-refractivity contribution in [3.8, 4) is 5.75 Å². The van der Waals surface area contributed by atoms with Gasteiger partial charge in [0.1, 0.15) is 34.9 Å². The molecule has 5 rings (SSSR count). The van der Waals surface area contributed by atoms with Crippen LogP contribution in [0.4, 0.5) is 15.4 Å². The summed E-state index contributed by atoms with van der Waals surface area (Å²) in [4.78, 5) is 45.2. The number of hydrogen-bond acceptors (Lipinski definition) is 8. The number of aryl methyl sites for hydroxylation is 1. The lowest BCUT2D eigenvalue weighted by Crippen LogP contribution is -2.44. The second kappa shape index (κ2) is 12.1. The lowest BCUT2D eigenvalue weighted by molar-refractivity contribution is 0.0429. The fraction of sp³-hybridized carbons (Fsp3) is 0.324. The van der Waals surface area contributed by atoms with Gasteiger partial charge in [-0.3, -0.25) is 4.79 Å². The summed E-state index contributed by atoms with van der Waals surface area (Å²) >= 11 is 0. The van der Waals surface area contributed by atoms with Crippen LogP contribution in [0.15, 0.2) is 77.7 Å². The molecule has 5 aromatic rings. The van der Waals surface area contributed by atoms with E-state index in [1.54, 1.807) is 59.9 Å². The Hall–Kier alpha value is -5.19. The monoisotopic (exact) mass is 611 g/mol. The third-order valence-electron chi connectivity index (χ3n) is 6.71. The maximum absolute atomic E-state index is 13.7. The lowest BCUT2D eigenvalue weighted by atomic mass is 10.2. The number of nitrogens with zero attached hydrogens (tertiary/aromatic N) is 5. The summed E-state index contributed by atoms with van der Waals surface area (Å²) in [5.74, 6) is 0.684. The van der Waals surface area contributed by atoms with E-state index >= 15 is 0 Å². The van der Waals surface area contributed by atoms with Gasteiger partial charge in [-0.1, -0.05) is 36.4 Å². The number of imide groups is 1.